The number of aromatic nitrogens is 2. The highest BCUT2D eigenvalue weighted by Crippen LogP contribution is 2.32. The van der Waals surface area contributed by atoms with Crippen molar-refractivity contribution in [2.24, 2.45) is 0 Å². The molecule has 1 fully saturated rings. The van der Waals surface area contributed by atoms with Crippen molar-refractivity contribution >= 4 is 0 Å². The summed E-state index contributed by atoms with van der Waals surface area (Å²) in [4.78, 5) is 1.66. The lowest BCUT2D eigenvalue weighted by Crippen LogP contribution is -2.38. The molecule has 3 rings (SSSR count). The number of aryl methyl sites for hydroxylation is 1. The summed E-state index contributed by atoms with van der Waals surface area (Å²) in [5.74, 6) is 1.69. The van der Waals surface area contributed by atoms with E-state index >= 15 is 0 Å². The normalized spacial score (nSPS) is 16.9. The van der Waals surface area contributed by atoms with Crippen molar-refractivity contribution < 1.29 is 5.98 Å². The standard InChI is InChI=1S/C17H22N2/c1-12-8-4-7-11-16(12)19-14(3)13(2)18-17(19)15-9-5-6-10-15/h4,7-8,11,15H,5-6,9-10H2,1-3H3/p+1/i/hD. The van der Waals surface area contributed by atoms with E-state index in [9.17, 15) is 0 Å². The number of hydrogen-bond acceptors (Lipinski definition) is 0. The summed E-state index contributed by atoms with van der Waals surface area (Å²) in [5, 5.41) is 0. The van der Waals surface area contributed by atoms with Crippen LogP contribution < -0.4 is 4.57 Å². The number of H-pyrrole nitrogens is 1. The molecule has 0 saturated heterocycles. The first-order valence-electron chi connectivity index (χ1n) is 7.75. The lowest BCUT2D eigenvalue weighted by atomic mass is 10.1. The largest absolute Gasteiger partial charge is 0.312 e. The van der Waals surface area contributed by atoms with Crippen LogP contribution in [0, 0.1) is 20.8 Å². The first-order valence-corrected chi connectivity index (χ1v) is 7.30. The molecular formula is C17H23N2+. The zero-order valence-electron chi connectivity index (χ0n) is 13.1. The van der Waals surface area contributed by atoms with Gasteiger partial charge in [-0.3, -0.25) is 0 Å². The molecule has 100 valence electrons. The van der Waals surface area contributed by atoms with Gasteiger partial charge in [-0.15, -0.1) is 0 Å². The Morgan fingerprint density at radius 3 is 2.53 bits per heavy atom. The van der Waals surface area contributed by atoms with Crippen LogP contribution in [0.25, 0.3) is 5.69 Å². The van der Waals surface area contributed by atoms with E-state index in [1.165, 1.54) is 42.6 Å². The maximum Gasteiger partial charge on any atom is 0.312 e. The topological polar surface area (TPSA) is 19.7 Å². The van der Waals surface area contributed by atoms with Crippen LogP contribution in [0.2, 0.25) is 1.41 Å². The maximum atomic E-state index is 8.44. The molecule has 1 aliphatic rings. The van der Waals surface area contributed by atoms with Gasteiger partial charge in [0.25, 0.3) is 5.82 Å². The minimum absolute atomic E-state index is 0.527. The van der Waals surface area contributed by atoms with Crippen molar-refractivity contribution in [2.45, 2.75) is 52.4 Å². The summed E-state index contributed by atoms with van der Waals surface area (Å²) in [6.45, 7) is 6.33. The van der Waals surface area contributed by atoms with Gasteiger partial charge in [0.1, 0.15) is 17.1 Å². The Morgan fingerprint density at radius 1 is 1.16 bits per heavy atom. The van der Waals surface area contributed by atoms with Gasteiger partial charge in [0.15, 0.2) is 0 Å². The van der Waals surface area contributed by atoms with Gasteiger partial charge in [0.2, 0.25) is 0 Å². The highest BCUT2D eigenvalue weighted by molar-refractivity contribution is 5.33. The molecule has 0 aliphatic heterocycles. The van der Waals surface area contributed by atoms with E-state index in [4.69, 9.17) is 1.41 Å². The van der Waals surface area contributed by atoms with Crippen molar-refractivity contribution in [3.05, 3.63) is 47.0 Å². The predicted octanol–water partition coefficient (Wildman–Crippen LogP) is 3.87. The SMILES string of the molecule is [2H]n1c(C)c(C)[n+](-c2ccccc2C)c1C1CCCC1. The Balaban J connectivity index is 2.24. The first-order chi connectivity index (χ1) is 9.61. The van der Waals surface area contributed by atoms with Gasteiger partial charge >= 0.3 is 1.41 Å². The summed E-state index contributed by atoms with van der Waals surface area (Å²) in [7, 11) is 0. The molecule has 1 N–H and O–H groups in total. The third kappa shape index (κ3) is 2.09. The molecular weight excluding hydrogens is 232 g/mol. The number of nitrogens with one attached hydrogen (secondary N) is 1. The Morgan fingerprint density at radius 2 is 1.84 bits per heavy atom. The van der Waals surface area contributed by atoms with Crippen molar-refractivity contribution in [3.63, 3.8) is 0 Å². The van der Waals surface area contributed by atoms with Gasteiger partial charge in [-0.2, -0.15) is 4.57 Å². The van der Waals surface area contributed by atoms with Crippen LogP contribution >= 0.6 is 0 Å². The maximum absolute atomic E-state index is 8.44. The number of rotatable bonds is 2. The molecule has 0 bridgehead atoms. The Labute approximate surface area is 117 Å². The van der Waals surface area contributed by atoms with Crippen LogP contribution in [0.1, 0.15) is 54.4 Å². The molecule has 1 saturated carbocycles. The Bertz CT molecular complexity index is 637. The number of aromatic amines is 1. The molecule has 1 aromatic heterocycles. The molecule has 2 aromatic rings. The van der Waals surface area contributed by atoms with Crippen LogP contribution in [-0.2, 0) is 0 Å². The van der Waals surface area contributed by atoms with E-state index < -0.39 is 0 Å². The summed E-state index contributed by atoms with van der Waals surface area (Å²) in [5.41, 5.74) is 4.73. The van der Waals surface area contributed by atoms with Crippen molar-refractivity contribution in [1.82, 2.24) is 4.98 Å². The van der Waals surface area contributed by atoms with Crippen LogP contribution in [-0.4, -0.2) is 4.98 Å². The zero-order valence-corrected chi connectivity index (χ0v) is 12.1. The molecule has 2 nitrogen and oxygen atoms in total. The molecule has 0 spiro atoms. The molecule has 0 unspecified atom stereocenters. The van der Waals surface area contributed by atoms with Crippen LogP contribution in [0.4, 0.5) is 0 Å². The fraction of sp³-hybridized carbons (Fsp3) is 0.471. The highest BCUT2D eigenvalue weighted by atomic mass is 15.1. The molecule has 1 aromatic carbocycles. The minimum Gasteiger partial charge on any atom is -0.244 e. The van der Waals surface area contributed by atoms with Crippen LogP contribution in [0.3, 0.4) is 0 Å². The Kier molecular flexibility index (Phi) is 2.87. The molecule has 2 heteroatoms. The summed E-state index contributed by atoms with van der Waals surface area (Å²) in [6.07, 6.45) is 5.02. The molecule has 0 atom stereocenters. The average molecular weight is 256 g/mol. The van der Waals surface area contributed by atoms with Crippen LogP contribution in [0.15, 0.2) is 24.3 Å². The molecule has 1 heterocycles. The second-order valence-corrected chi connectivity index (χ2v) is 5.74. The number of imidazole rings is 1. The molecule has 1 aliphatic carbocycles. The van der Waals surface area contributed by atoms with Gasteiger partial charge in [-0.1, -0.05) is 31.0 Å². The summed E-state index contributed by atoms with van der Waals surface area (Å²) in [6, 6.07) is 8.48. The van der Waals surface area contributed by atoms with Gasteiger partial charge < -0.3 is 0 Å². The number of benzene rings is 1. The second kappa shape index (κ2) is 4.84. The van der Waals surface area contributed by atoms with E-state index in [-0.39, 0.29) is 0 Å². The van der Waals surface area contributed by atoms with Gasteiger partial charge in [-0.25, -0.2) is 4.98 Å². The summed E-state index contributed by atoms with van der Waals surface area (Å²) >= 11 is 0. The van der Waals surface area contributed by atoms with E-state index in [1.807, 2.05) is 0 Å². The minimum atomic E-state index is 0.527. The fourth-order valence-corrected chi connectivity index (χ4v) is 3.21. The number of para-hydroxylation sites is 1. The third-order valence-electron chi connectivity index (χ3n) is 4.45. The van der Waals surface area contributed by atoms with Crippen molar-refractivity contribution in [2.75, 3.05) is 0 Å². The fourth-order valence-electron chi connectivity index (χ4n) is 3.21. The van der Waals surface area contributed by atoms with E-state index in [0.29, 0.717) is 5.92 Å². The van der Waals surface area contributed by atoms with Gasteiger partial charge in [-0.05, 0) is 31.4 Å². The quantitative estimate of drug-likeness (QED) is 0.787. The van der Waals surface area contributed by atoms with Crippen LogP contribution in [0.5, 0.6) is 0 Å². The van der Waals surface area contributed by atoms with Gasteiger partial charge in [0, 0.05) is 13.8 Å². The van der Waals surface area contributed by atoms with E-state index in [0.717, 1.165) is 11.5 Å². The zero-order chi connectivity index (χ0) is 14.3. The first kappa shape index (κ1) is 11.3. The lowest BCUT2D eigenvalue weighted by Gasteiger charge is -2.09. The van der Waals surface area contributed by atoms with Crippen molar-refractivity contribution in [1.29, 1.82) is 0 Å². The Hall–Kier alpha value is -1.57. The third-order valence-corrected chi connectivity index (χ3v) is 4.45. The van der Waals surface area contributed by atoms with Gasteiger partial charge in [0.05, 0.1) is 5.92 Å². The van der Waals surface area contributed by atoms with Crippen molar-refractivity contribution in [3.8, 4) is 5.69 Å². The number of hydrogen-bond donors (Lipinski definition) is 1. The summed E-state index contributed by atoms with van der Waals surface area (Å²) < 4.78 is 10.8. The van der Waals surface area contributed by atoms with E-state index in [1.54, 1.807) is 4.98 Å². The van der Waals surface area contributed by atoms with E-state index in [2.05, 4.69) is 49.6 Å². The lowest BCUT2D eigenvalue weighted by molar-refractivity contribution is -0.611. The second-order valence-electron chi connectivity index (χ2n) is 5.74. The molecule has 0 radical (unpaired) electrons. The molecule has 0 amide bonds. The smallest absolute Gasteiger partial charge is 0.244 e. The highest BCUT2D eigenvalue weighted by Gasteiger charge is 2.30. The monoisotopic (exact) mass is 256 g/mol. The number of nitrogens with zero attached hydrogens (tertiary/aromatic N) is 1. The predicted molar refractivity (Wildman–Crippen MR) is 77.7 cm³/mol. The average Bonchev–Trinajstić information content (AvgIpc) is 3.03. The molecule has 19 heavy (non-hydrogen) atoms.